The summed E-state index contributed by atoms with van der Waals surface area (Å²) in [5.41, 5.74) is 0. The van der Waals surface area contributed by atoms with E-state index in [0.717, 1.165) is 0 Å². The molecule has 1 rings (SSSR count). The maximum Gasteiger partial charge on any atom is 0.305 e. The molecule has 0 aromatic rings. The highest BCUT2D eigenvalue weighted by Crippen LogP contribution is 2.31. The molecular formula is C17H25NO6. The summed E-state index contributed by atoms with van der Waals surface area (Å²) in [5, 5.41) is 2.83. The number of hydrogen-bond donors (Lipinski definition) is 1. The van der Waals surface area contributed by atoms with E-state index in [1.165, 1.54) is 13.8 Å². The summed E-state index contributed by atoms with van der Waals surface area (Å²) < 4.78 is 16.0. The highest BCUT2D eigenvalue weighted by molar-refractivity contribution is 5.76. The molecular weight excluding hydrogens is 314 g/mol. The first-order chi connectivity index (χ1) is 11.3. The van der Waals surface area contributed by atoms with Crippen LogP contribution >= 0.6 is 0 Å². The van der Waals surface area contributed by atoms with Crippen molar-refractivity contribution in [2.24, 2.45) is 11.8 Å². The molecule has 5 atom stereocenters. The van der Waals surface area contributed by atoms with Gasteiger partial charge in [0.15, 0.2) is 0 Å². The summed E-state index contributed by atoms with van der Waals surface area (Å²) in [6, 6.07) is -0.497. The van der Waals surface area contributed by atoms with E-state index in [-0.39, 0.29) is 30.8 Å². The van der Waals surface area contributed by atoms with Gasteiger partial charge in [-0.1, -0.05) is 13.8 Å². The third kappa shape index (κ3) is 5.85. The Hall–Kier alpha value is -2.07. The summed E-state index contributed by atoms with van der Waals surface area (Å²) in [6.07, 6.45) is 4.32. The van der Waals surface area contributed by atoms with E-state index in [0.29, 0.717) is 6.42 Å². The topological polar surface area (TPSA) is 90.9 Å². The molecule has 0 spiro atoms. The minimum absolute atomic E-state index is 0.0194. The number of rotatable bonds is 6. The van der Waals surface area contributed by atoms with Crippen molar-refractivity contribution in [3.8, 4) is 12.3 Å². The smallest absolute Gasteiger partial charge is 0.305 e. The number of hydrogen-bond acceptors (Lipinski definition) is 6. The molecule has 1 N–H and O–H groups in total. The van der Waals surface area contributed by atoms with Crippen molar-refractivity contribution in [1.29, 1.82) is 0 Å². The van der Waals surface area contributed by atoms with Crippen LogP contribution in [-0.4, -0.2) is 42.9 Å². The molecule has 0 aromatic heterocycles. The Labute approximate surface area is 142 Å². The number of amides is 1. The van der Waals surface area contributed by atoms with Crippen LogP contribution in [0.2, 0.25) is 0 Å². The Kier molecular flexibility index (Phi) is 7.72. The molecule has 24 heavy (non-hydrogen) atoms. The van der Waals surface area contributed by atoms with Crippen LogP contribution in [-0.2, 0) is 28.6 Å². The lowest BCUT2D eigenvalue weighted by molar-refractivity contribution is -0.238. The van der Waals surface area contributed by atoms with Gasteiger partial charge < -0.3 is 19.5 Å². The summed E-state index contributed by atoms with van der Waals surface area (Å²) in [7, 11) is 0. The van der Waals surface area contributed by atoms with Crippen LogP contribution in [0.5, 0.6) is 0 Å². The number of terminal acetylenes is 1. The van der Waals surface area contributed by atoms with Gasteiger partial charge in [-0.3, -0.25) is 14.4 Å². The fourth-order valence-corrected chi connectivity index (χ4v) is 2.59. The Morgan fingerprint density at radius 3 is 2.38 bits per heavy atom. The first-order valence-corrected chi connectivity index (χ1v) is 7.95. The number of ether oxygens (including phenoxy) is 3. The van der Waals surface area contributed by atoms with E-state index in [4.69, 9.17) is 20.6 Å². The Morgan fingerprint density at radius 2 is 1.83 bits per heavy atom. The minimum Gasteiger partial charge on any atom is -0.463 e. The van der Waals surface area contributed by atoms with Crippen molar-refractivity contribution >= 4 is 17.8 Å². The first kappa shape index (κ1) is 20.0. The van der Waals surface area contributed by atoms with Crippen LogP contribution in [0.4, 0.5) is 0 Å². The van der Waals surface area contributed by atoms with Gasteiger partial charge in [-0.25, -0.2) is 0 Å². The fraction of sp³-hybridized carbons (Fsp3) is 0.706. The molecule has 7 heteroatoms. The zero-order valence-electron chi connectivity index (χ0n) is 14.5. The van der Waals surface area contributed by atoms with Crippen LogP contribution in [0.3, 0.4) is 0 Å². The van der Waals surface area contributed by atoms with Crippen molar-refractivity contribution in [3.63, 3.8) is 0 Å². The second kappa shape index (κ2) is 9.28. The zero-order valence-corrected chi connectivity index (χ0v) is 14.5. The van der Waals surface area contributed by atoms with Crippen LogP contribution in [0, 0.1) is 24.2 Å². The van der Waals surface area contributed by atoms with E-state index in [2.05, 4.69) is 11.2 Å². The Balaban J connectivity index is 2.83. The minimum atomic E-state index is -0.941. The molecule has 0 aromatic carbocycles. The molecule has 1 saturated heterocycles. The van der Waals surface area contributed by atoms with Crippen molar-refractivity contribution < 1.29 is 28.6 Å². The van der Waals surface area contributed by atoms with Gasteiger partial charge in [-0.05, 0) is 11.8 Å². The van der Waals surface area contributed by atoms with Gasteiger partial charge in [0.2, 0.25) is 12.2 Å². The molecule has 0 saturated carbocycles. The highest BCUT2D eigenvalue weighted by atomic mass is 16.7. The predicted octanol–water partition coefficient (Wildman–Crippen LogP) is 1.01. The molecule has 134 valence electrons. The maximum atomic E-state index is 12.0. The van der Waals surface area contributed by atoms with Gasteiger partial charge in [-0.15, -0.1) is 12.3 Å². The average Bonchev–Trinajstić information content (AvgIpc) is 2.50. The average molecular weight is 339 g/mol. The van der Waals surface area contributed by atoms with E-state index in [1.807, 2.05) is 13.8 Å². The van der Waals surface area contributed by atoms with Crippen molar-refractivity contribution in [2.45, 2.75) is 59.0 Å². The van der Waals surface area contributed by atoms with Gasteiger partial charge in [0.25, 0.3) is 0 Å². The Morgan fingerprint density at radius 1 is 1.17 bits per heavy atom. The van der Waals surface area contributed by atoms with E-state index < -0.39 is 30.4 Å². The van der Waals surface area contributed by atoms with Gasteiger partial charge in [-0.2, -0.15) is 0 Å². The number of carbonyl (C=O) groups excluding carboxylic acids is 3. The van der Waals surface area contributed by atoms with Gasteiger partial charge >= 0.3 is 11.9 Å². The normalized spacial score (nSPS) is 29.2. The molecule has 0 aliphatic carbocycles. The SMILES string of the molecule is C#CCCC(=O)N[C@H]1C(C)[C@H](C)C(COC(C)=O)O[C@H]1OC(C)=O. The van der Waals surface area contributed by atoms with Gasteiger partial charge in [0.05, 0.1) is 12.1 Å². The summed E-state index contributed by atoms with van der Waals surface area (Å²) in [4.78, 5) is 34.3. The number of nitrogens with one attached hydrogen (secondary N) is 1. The molecule has 1 heterocycles. The lowest BCUT2D eigenvalue weighted by Crippen LogP contribution is -2.59. The summed E-state index contributed by atoms with van der Waals surface area (Å²) in [6.45, 7) is 6.51. The molecule has 2 unspecified atom stereocenters. The van der Waals surface area contributed by atoms with E-state index in [9.17, 15) is 14.4 Å². The third-order valence-electron chi connectivity index (χ3n) is 4.14. The van der Waals surface area contributed by atoms with Crippen molar-refractivity contribution in [3.05, 3.63) is 0 Å². The molecule has 0 radical (unpaired) electrons. The largest absolute Gasteiger partial charge is 0.463 e. The van der Waals surface area contributed by atoms with Gasteiger partial charge in [0.1, 0.15) is 6.61 Å². The first-order valence-electron chi connectivity index (χ1n) is 7.95. The standard InChI is InChI=1S/C17H25NO6/c1-6-7-8-15(21)18-16-11(3)10(2)14(9-22-12(4)19)24-17(16)23-13(5)20/h1,10-11,14,16-17H,7-9H2,2-5H3,(H,18,21)/t10-,11?,14?,16-,17+/m0/s1. The van der Waals surface area contributed by atoms with Crippen LogP contribution < -0.4 is 5.32 Å². The van der Waals surface area contributed by atoms with E-state index >= 15 is 0 Å². The molecule has 1 aliphatic rings. The lowest BCUT2D eigenvalue weighted by atomic mass is 9.82. The van der Waals surface area contributed by atoms with E-state index in [1.54, 1.807) is 0 Å². The highest BCUT2D eigenvalue weighted by Gasteiger charge is 2.44. The van der Waals surface area contributed by atoms with Crippen molar-refractivity contribution in [1.82, 2.24) is 5.32 Å². The second-order valence-electron chi connectivity index (χ2n) is 5.97. The van der Waals surface area contributed by atoms with Crippen LogP contribution in [0.1, 0.15) is 40.5 Å². The molecule has 0 bridgehead atoms. The molecule has 1 aliphatic heterocycles. The van der Waals surface area contributed by atoms with Crippen LogP contribution in [0.15, 0.2) is 0 Å². The summed E-state index contributed by atoms with van der Waals surface area (Å²) >= 11 is 0. The number of carbonyl (C=O) groups is 3. The molecule has 1 amide bonds. The zero-order chi connectivity index (χ0) is 18.3. The summed E-state index contributed by atoms with van der Waals surface area (Å²) in [5.74, 6) is 1.18. The fourth-order valence-electron chi connectivity index (χ4n) is 2.59. The van der Waals surface area contributed by atoms with Gasteiger partial charge in [0, 0.05) is 26.7 Å². The Bertz CT molecular complexity index is 512. The van der Waals surface area contributed by atoms with Crippen LogP contribution in [0.25, 0.3) is 0 Å². The molecule has 7 nitrogen and oxygen atoms in total. The maximum absolute atomic E-state index is 12.0. The monoisotopic (exact) mass is 339 g/mol. The van der Waals surface area contributed by atoms with Crippen molar-refractivity contribution in [2.75, 3.05) is 6.61 Å². The third-order valence-corrected chi connectivity index (χ3v) is 4.14. The predicted molar refractivity (Wildman–Crippen MR) is 85.4 cm³/mol. The second-order valence-corrected chi connectivity index (χ2v) is 5.97. The number of esters is 2. The molecule has 1 fully saturated rings. The lowest BCUT2D eigenvalue weighted by Gasteiger charge is -2.43. The quantitative estimate of drug-likeness (QED) is 0.574.